The molecule has 0 aliphatic heterocycles. The normalized spacial score (nSPS) is 12.9. The maximum absolute atomic E-state index is 11.8. The van der Waals surface area contributed by atoms with Crippen molar-refractivity contribution in [2.24, 2.45) is 0 Å². The second-order valence-corrected chi connectivity index (χ2v) is 3.81. The number of hydrogen-bond acceptors (Lipinski definition) is 5. The Morgan fingerprint density at radius 2 is 2.22 bits per heavy atom. The van der Waals surface area contributed by atoms with Crippen LogP contribution in [-0.4, -0.2) is 35.6 Å². The van der Waals surface area contributed by atoms with Crippen LogP contribution in [0.15, 0.2) is 4.52 Å². The monoisotopic (exact) mass is 262 g/mol. The topological polar surface area (TPSA) is 65.2 Å². The van der Waals surface area contributed by atoms with Gasteiger partial charge in [0.15, 0.2) is 5.82 Å². The molecule has 0 radical (unpaired) electrons. The van der Waals surface area contributed by atoms with E-state index >= 15 is 0 Å². The maximum Gasteiger partial charge on any atom is 0.261 e. The van der Waals surface area contributed by atoms with Crippen LogP contribution in [0.1, 0.15) is 37.9 Å². The van der Waals surface area contributed by atoms with Gasteiger partial charge in [-0.25, -0.2) is 8.78 Å². The largest absolute Gasteiger partial charge is 0.375 e. The van der Waals surface area contributed by atoms with Gasteiger partial charge in [-0.05, 0) is 6.92 Å². The van der Waals surface area contributed by atoms with Crippen molar-refractivity contribution in [1.29, 1.82) is 0 Å². The fourth-order valence-corrected chi connectivity index (χ4v) is 1.32. The molecule has 5 nitrogen and oxygen atoms in total. The van der Waals surface area contributed by atoms with Crippen molar-refractivity contribution in [3.63, 3.8) is 0 Å². The van der Waals surface area contributed by atoms with Gasteiger partial charge in [-0.15, -0.1) is 0 Å². The molecular formula is C11H16F2N2O3. The van der Waals surface area contributed by atoms with Crippen LogP contribution < -0.4 is 0 Å². The molecule has 7 heteroatoms. The zero-order valence-corrected chi connectivity index (χ0v) is 10.4. The predicted molar refractivity (Wildman–Crippen MR) is 58.5 cm³/mol. The maximum atomic E-state index is 11.8. The van der Waals surface area contributed by atoms with Gasteiger partial charge in [-0.1, -0.05) is 12.1 Å². The first-order chi connectivity index (χ1) is 8.54. The Labute approximate surface area is 104 Å². The number of carbonyl (C=O) groups excluding carboxylic acids is 1. The van der Waals surface area contributed by atoms with Gasteiger partial charge < -0.3 is 9.26 Å². The van der Waals surface area contributed by atoms with Crippen LogP contribution in [0, 0.1) is 0 Å². The molecule has 1 heterocycles. The summed E-state index contributed by atoms with van der Waals surface area (Å²) in [6.07, 6.45) is -1.80. The second-order valence-electron chi connectivity index (χ2n) is 3.81. The number of ether oxygens (including phenoxy) is 1. The van der Waals surface area contributed by atoms with Crippen LogP contribution in [0.3, 0.4) is 0 Å². The van der Waals surface area contributed by atoms with Gasteiger partial charge in [0, 0.05) is 12.8 Å². The minimum atomic E-state index is -2.48. The molecule has 0 aliphatic carbocycles. The summed E-state index contributed by atoms with van der Waals surface area (Å²) in [7, 11) is 0. The van der Waals surface area contributed by atoms with Crippen molar-refractivity contribution in [2.45, 2.75) is 39.0 Å². The first kappa shape index (κ1) is 14.7. The van der Waals surface area contributed by atoms with Gasteiger partial charge in [0.1, 0.15) is 12.4 Å². The van der Waals surface area contributed by atoms with Crippen LogP contribution in [0.5, 0.6) is 0 Å². The molecular weight excluding hydrogens is 246 g/mol. The standard InChI is InChI=1S/C11H16F2N2O3/c1-3-8(16)7(2)11-14-10(15-18-11)4-5-17-6-9(12)13/h7,9H,3-6H2,1-2H3. The predicted octanol–water partition coefficient (Wildman–Crippen LogP) is 1.98. The fraction of sp³-hybridized carbons (Fsp3) is 0.727. The van der Waals surface area contributed by atoms with Crippen molar-refractivity contribution < 1.29 is 22.8 Å². The number of rotatable bonds is 8. The van der Waals surface area contributed by atoms with E-state index in [1.807, 2.05) is 0 Å². The lowest BCUT2D eigenvalue weighted by molar-refractivity contribution is -0.120. The molecule has 102 valence electrons. The van der Waals surface area contributed by atoms with Crippen LogP contribution in [0.4, 0.5) is 8.78 Å². The fourth-order valence-electron chi connectivity index (χ4n) is 1.32. The van der Waals surface area contributed by atoms with Crippen LogP contribution >= 0.6 is 0 Å². The Morgan fingerprint density at radius 1 is 1.50 bits per heavy atom. The number of carbonyl (C=O) groups is 1. The number of nitrogens with zero attached hydrogens (tertiary/aromatic N) is 2. The molecule has 18 heavy (non-hydrogen) atoms. The van der Waals surface area contributed by atoms with Crippen LogP contribution in [0.25, 0.3) is 0 Å². The summed E-state index contributed by atoms with van der Waals surface area (Å²) in [6.45, 7) is 2.94. The number of halogens is 2. The zero-order chi connectivity index (χ0) is 13.5. The van der Waals surface area contributed by atoms with E-state index in [2.05, 4.69) is 10.1 Å². The van der Waals surface area contributed by atoms with Gasteiger partial charge in [0.25, 0.3) is 6.43 Å². The lowest BCUT2D eigenvalue weighted by Crippen LogP contribution is -2.09. The van der Waals surface area contributed by atoms with E-state index in [0.29, 0.717) is 12.2 Å². The summed E-state index contributed by atoms with van der Waals surface area (Å²) in [5.41, 5.74) is 0. The molecule has 0 spiro atoms. The van der Waals surface area contributed by atoms with E-state index in [-0.39, 0.29) is 24.7 Å². The minimum absolute atomic E-state index is 0.0131. The quantitative estimate of drug-likeness (QED) is 0.670. The zero-order valence-electron chi connectivity index (χ0n) is 10.4. The van der Waals surface area contributed by atoms with Crippen molar-refractivity contribution >= 4 is 5.78 Å². The molecule has 0 N–H and O–H groups in total. The molecule has 1 aromatic heterocycles. The summed E-state index contributed by atoms with van der Waals surface area (Å²) in [5, 5.41) is 3.66. The summed E-state index contributed by atoms with van der Waals surface area (Å²) in [6, 6.07) is 0. The molecule has 1 atom stereocenters. The van der Waals surface area contributed by atoms with Crippen molar-refractivity contribution in [3.8, 4) is 0 Å². The Balaban J connectivity index is 2.41. The summed E-state index contributed by atoms with van der Waals surface area (Å²) in [4.78, 5) is 15.5. The van der Waals surface area contributed by atoms with Crippen LogP contribution in [0.2, 0.25) is 0 Å². The summed E-state index contributed by atoms with van der Waals surface area (Å²) < 4.78 is 33.2. The van der Waals surface area contributed by atoms with Crippen molar-refractivity contribution in [1.82, 2.24) is 10.1 Å². The molecule has 0 saturated heterocycles. The minimum Gasteiger partial charge on any atom is -0.375 e. The third-order valence-corrected chi connectivity index (χ3v) is 2.40. The Bertz CT molecular complexity index is 382. The van der Waals surface area contributed by atoms with Gasteiger partial charge in [0.2, 0.25) is 5.89 Å². The highest BCUT2D eigenvalue weighted by molar-refractivity contribution is 5.83. The highest BCUT2D eigenvalue weighted by Crippen LogP contribution is 2.15. The van der Waals surface area contributed by atoms with Gasteiger partial charge in [0.05, 0.1) is 12.5 Å². The van der Waals surface area contributed by atoms with Crippen molar-refractivity contribution in [3.05, 3.63) is 11.7 Å². The summed E-state index contributed by atoms with van der Waals surface area (Å²) >= 11 is 0. The van der Waals surface area contributed by atoms with Crippen molar-refractivity contribution in [2.75, 3.05) is 13.2 Å². The number of ketones is 1. The smallest absolute Gasteiger partial charge is 0.261 e. The van der Waals surface area contributed by atoms with Gasteiger partial charge >= 0.3 is 0 Å². The molecule has 1 aromatic rings. The molecule has 1 rings (SSSR count). The molecule has 1 unspecified atom stereocenters. The summed E-state index contributed by atoms with van der Waals surface area (Å²) in [5.74, 6) is 0.193. The average Bonchev–Trinajstić information content (AvgIpc) is 2.81. The number of alkyl halides is 2. The Kier molecular flexibility index (Phi) is 5.84. The molecule has 0 bridgehead atoms. The molecule has 0 aliphatic rings. The highest BCUT2D eigenvalue weighted by atomic mass is 19.3. The highest BCUT2D eigenvalue weighted by Gasteiger charge is 2.20. The lowest BCUT2D eigenvalue weighted by atomic mass is 10.1. The SMILES string of the molecule is CCC(=O)C(C)c1nc(CCOCC(F)F)no1. The second kappa shape index (κ2) is 7.15. The molecule has 0 aromatic carbocycles. The van der Waals surface area contributed by atoms with E-state index in [1.165, 1.54) is 0 Å². The first-order valence-corrected chi connectivity index (χ1v) is 5.75. The van der Waals surface area contributed by atoms with E-state index in [9.17, 15) is 13.6 Å². The van der Waals surface area contributed by atoms with Gasteiger partial charge in [-0.2, -0.15) is 4.98 Å². The third-order valence-electron chi connectivity index (χ3n) is 2.40. The Hall–Kier alpha value is -1.37. The van der Waals surface area contributed by atoms with E-state index in [0.717, 1.165) is 0 Å². The Morgan fingerprint density at radius 3 is 2.83 bits per heavy atom. The van der Waals surface area contributed by atoms with Gasteiger partial charge in [-0.3, -0.25) is 4.79 Å². The third kappa shape index (κ3) is 4.48. The van der Waals surface area contributed by atoms with E-state index in [1.54, 1.807) is 13.8 Å². The molecule has 0 saturated carbocycles. The number of hydrogen-bond donors (Lipinski definition) is 0. The van der Waals surface area contributed by atoms with E-state index < -0.39 is 19.0 Å². The lowest BCUT2D eigenvalue weighted by Gasteiger charge is -2.01. The number of Topliss-reactive ketones (excluding diaryl/α,β-unsaturated/α-hetero) is 1. The average molecular weight is 262 g/mol. The number of aromatic nitrogens is 2. The molecule has 0 fully saturated rings. The molecule has 0 amide bonds. The van der Waals surface area contributed by atoms with Crippen LogP contribution in [-0.2, 0) is 16.0 Å². The first-order valence-electron chi connectivity index (χ1n) is 5.75. The van der Waals surface area contributed by atoms with E-state index in [4.69, 9.17) is 9.26 Å².